The van der Waals surface area contributed by atoms with Gasteiger partial charge < -0.3 is 15.0 Å². The zero-order chi connectivity index (χ0) is 22.8. The van der Waals surface area contributed by atoms with Gasteiger partial charge in [-0.3, -0.25) is 4.79 Å². The van der Waals surface area contributed by atoms with Gasteiger partial charge in [-0.15, -0.1) is 0 Å². The van der Waals surface area contributed by atoms with E-state index < -0.39 is 23.9 Å². The molecule has 0 fully saturated rings. The maximum Gasteiger partial charge on any atom is 0.437 e. The fraction of sp³-hybridized carbons (Fsp3) is 0.364. The Kier molecular flexibility index (Phi) is 6.79. The van der Waals surface area contributed by atoms with E-state index in [1.165, 1.54) is 6.07 Å². The van der Waals surface area contributed by atoms with E-state index in [-0.39, 0.29) is 11.0 Å². The van der Waals surface area contributed by atoms with Crippen molar-refractivity contribution in [3.8, 4) is 5.75 Å². The number of benzene rings is 2. The maximum absolute atomic E-state index is 13.4. The lowest BCUT2D eigenvalue weighted by molar-refractivity contribution is -0.141. The van der Waals surface area contributed by atoms with Crippen LogP contribution in [0.25, 0.3) is 11.0 Å². The van der Waals surface area contributed by atoms with Crippen LogP contribution in [-0.4, -0.2) is 11.1 Å². The van der Waals surface area contributed by atoms with E-state index in [0.29, 0.717) is 53.1 Å². The van der Waals surface area contributed by atoms with Gasteiger partial charge in [0.05, 0.1) is 5.39 Å². The van der Waals surface area contributed by atoms with E-state index in [4.69, 9.17) is 26.6 Å². The molecule has 166 valence electrons. The quantitative estimate of drug-likeness (QED) is 0.452. The van der Waals surface area contributed by atoms with Gasteiger partial charge >= 0.3 is 6.18 Å². The molecule has 0 aliphatic heterocycles. The number of alkyl halides is 3. The molecule has 0 aliphatic rings. The highest BCUT2D eigenvalue weighted by molar-refractivity contribution is 6.30. The van der Waals surface area contributed by atoms with E-state index in [2.05, 4.69) is 5.16 Å². The summed E-state index contributed by atoms with van der Waals surface area (Å²) >= 11 is 5.93. The number of fused-ring (bicyclic) bond motifs is 1. The maximum atomic E-state index is 13.4. The number of rotatable bonds is 8. The minimum atomic E-state index is -4.65. The molecule has 1 atom stereocenters. The number of ether oxygens (including phenoxy) is 1. The molecule has 0 aliphatic carbocycles. The Morgan fingerprint density at radius 3 is 2.39 bits per heavy atom. The topological polar surface area (TPSA) is 78.3 Å². The molecule has 0 saturated carbocycles. The molecule has 0 saturated heterocycles. The molecule has 0 spiro atoms. The average molecular weight is 455 g/mol. The van der Waals surface area contributed by atoms with Crippen molar-refractivity contribution >= 4 is 28.5 Å². The molecule has 1 unspecified atom stereocenters. The number of carbonyl (C=O) groups is 1. The van der Waals surface area contributed by atoms with Crippen LogP contribution in [-0.2, 0) is 23.8 Å². The number of amides is 1. The zero-order valence-corrected chi connectivity index (χ0v) is 17.8. The molecule has 2 N–H and O–H groups in total. The molecular weight excluding hydrogens is 433 g/mol. The minimum Gasteiger partial charge on any atom is -0.475 e. The van der Waals surface area contributed by atoms with Gasteiger partial charge in [0.15, 0.2) is 11.3 Å². The van der Waals surface area contributed by atoms with Gasteiger partial charge in [0, 0.05) is 16.1 Å². The van der Waals surface area contributed by atoms with E-state index >= 15 is 0 Å². The van der Waals surface area contributed by atoms with Crippen LogP contribution < -0.4 is 10.5 Å². The summed E-state index contributed by atoms with van der Waals surface area (Å²) in [5, 5.41) is 3.64. The highest BCUT2D eigenvalue weighted by Gasteiger charge is 2.38. The summed E-state index contributed by atoms with van der Waals surface area (Å²) in [6.45, 7) is 3.78. The van der Waals surface area contributed by atoms with Crippen LogP contribution >= 0.6 is 11.6 Å². The second kappa shape index (κ2) is 9.18. The van der Waals surface area contributed by atoms with E-state index in [0.717, 1.165) is 0 Å². The van der Waals surface area contributed by atoms with Crippen molar-refractivity contribution in [2.24, 2.45) is 5.73 Å². The van der Waals surface area contributed by atoms with Crippen LogP contribution in [0.15, 0.2) is 34.9 Å². The van der Waals surface area contributed by atoms with Gasteiger partial charge in [-0.25, -0.2) is 0 Å². The van der Waals surface area contributed by atoms with Crippen molar-refractivity contribution in [2.45, 2.75) is 51.8 Å². The third-order valence-corrected chi connectivity index (χ3v) is 5.09. The highest BCUT2D eigenvalue weighted by Crippen LogP contribution is 2.41. The Labute approximate surface area is 182 Å². The predicted octanol–water partition coefficient (Wildman–Crippen LogP) is 6.01. The van der Waals surface area contributed by atoms with Crippen LogP contribution in [0.1, 0.15) is 55.2 Å². The summed E-state index contributed by atoms with van der Waals surface area (Å²) in [5.74, 6) is -0.430. The summed E-state index contributed by atoms with van der Waals surface area (Å²) in [4.78, 5) is 12.2. The Balaban J connectivity index is 2.21. The monoisotopic (exact) mass is 454 g/mol. The highest BCUT2D eigenvalue weighted by atomic mass is 35.5. The number of halogens is 4. The first-order valence-corrected chi connectivity index (χ1v) is 10.3. The third-order valence-electron chi connectivity index (χ3n) is 4.84. The molecule has 31 heavy (non-hydrogen) atoms. The van der Waals surface area contributed by atoms with E-state index in [9.17, 15) is 18.0 Å². The van der Waals surface area contributed by atoms with Gasteiger partial charge in [-0.05, 0) is 36.6 Å². The molecule has 0 radical (unpaired) electrons. The molecule has 1 amide bonds. The number of aromatic nitrogens is 1. The SMILES string of the molecule is CCCc1cc2c(C(F)(F)F)noc2c(CCC)c1OC(C(N)=O)c1ccc(Cl)cc1. The summed E-state index contributed by atoms with van der Waals surface area (Å²) < 4.78 is 51.5. The Morgan fingerprint density at radius 2 is 1.84 bits per heavy atom. The van der Waals surface area contributed by atoms with Crippen LogP contribution in [0, 0.1) is 0 Å². The number of hydrogen-bond acceptors (Lipinski definition) is 4. The standard InChI is InChI=1S/C22H22ClF3N2O3/c1-3-5-13-11-16-19(31-28-20(16)22(24,25)26)15(6-4-2)17(13)30-18(21(27)29)12-7-9-14(23)10-8-12/h7-11,18H,3-6H2,1-2H3,(H2,27,29). The summed E-state index contributed by atoms with van der Waals surface area (Å²) in [7, 11) is 0. The van der Waals surface area contributed by atoms with E-state index in [1.807, 2.05) is 13.8 Å². The van der Waals surface area contributed by atoms with Gasteiger partial charge in [-0.2, -0.15) is 13.2 Å². The van der Waals surface area contributed by atoms with E-state index in [1.54, 1.807) is 24.3 Å². The first kappa shape index (κ1) is 22.9. The lowest BCUT2D eigenvalue weighted by Gasteiger charge is -2.22. The summed E-state index contributed by atoms with van der Waals surface area (Å²) in [6.07, 6.45) is -3.71. The zero-order valence-electron chi connectivity index (χ0n) is 17.1. The van der Waals surface area contributed by atoms with Crippen molar-refractivity contribution < 1.29 is 27.2 Å². The van der Waals surface area contributed by atoms with Crippen LogP contribution in [0.3, 0.4) is 0 Å². The number of carbonyl (C=O) groups excluding carboxylic acids is 1. The molecule has 3 rings (SSSR count). The van der Waals surface area contributed by atoms with Crippen molar-refractivity contribution in [1.82, 2.24) is 5.16 Å². The number of hydrogen-bond donors (Lipinski definition) is 1. The normalized spacial score (nSPS) is 12.8. The van der Waals surface area contributed by atoms with Gasteiger partial charge in [0.2, 0.25) is 6.10 Å². The Morgan fingerprint density at radius 1 is 1.19 bits per heavy atom. The van der Waals surface area contributed by atoms with Crippen LogP contribution in [0.5, 0.6) is 5.75 Å². The number of nitrogens with two attached hydrogens (primary N) is 1. The van der Waals surface area contributed by atoms with Crippen LogP contribution in [0.4, 0.5) is 13.2 Å². The second-order valence-corrected chi connectivity index (χ2v) is 7.64. The minimum absolute atomic E-state index is 0.00311. The molecule has 0 bridgehead atoms. The smallest absolute Gasteiger partial charge is 0.437 e. The number of primary amides is 1. The molecule has 5 nitrogen and oxygen atoms in total. The van der Waals surface area contributed by atoms with Crippen LogP contribution in [0.2, 0.25) is 5.02 Å². The molecule has 1 aromatic heterocycles. The molecule has 1 heterocycles. The number of aryl methyl sites for hydroxylation is 2. The summed E-state index contributed by atoms with van der Waals surface area (Å²) in [6, 6.07) is 7.82. The Bertz CT molecular complexity index is 1080. The second-order valence-electron chi connectivity index (χ2n) is 7.20. The van der Waals surface area contributed by atoms with Gasteiger partial charge in [-0.1, -0.05) is 55.6 Å². The first-order valence-electron chi connectivity index (χ1n) is 9.90. The molecule has 2 aromatic carbocycles. The van der Waals surface area contributed by atoms with Gasteiger partial charge in [0.1, 0.15) is 5.75 Å². The fourth-order valence-corrected chi connectivity index (χ4v) is 3.64. The Hall–Kier alpha value is -2.74. The van der Waals surface area contributed by atoms with Gasteiger partial charge in [0.25, 0.3) is 5.91 Å². The molecule has 9 heteroatoms. The fourth-order valence-electron chi connectivity index (χ4n) is 3.51. The first-order chi connectivity index (χ1) is 14.7. The average Bonchev–Trinajstić information content (AvgIpc) is 3.13. The predicted molar refractivity (Wildman–Crippen MR) is 111 cm³/mol. The summed E-state index contributed by atoms with van der Waals surface area (Å²) in [5.41, 5.74) is 5.98. The van der Waals surface area contributed by atoms with Crippen molar-refractivity contribution in [1.29, 1.82) is 0 Å². The third kappa shape index (κ3) is 4.79. The van der Waals surface area contributed by atoms with Crippen molar-refractivity contribution in [3.05, 3.63) is 57.7 Å². The molecule has 3 aromatic rings. The lowest BCUT2D eigenvalue weighted by atomic mass is 9.97. The van der Waals surface area contributed by atoms with Crippen molar-refractivity contribution in [3.63, 3.8) is 0 Å². The molecular formula is C22H22ClF3N2O3. The largest absolute Gasteiger partial charge is 0.475 e. The number of nitrogens with zero attached hydrogens (tertiary/aromatic N) is 1. The lowest BCUT2D eigenvalue weighted by Crippen LogP contribution is -2.26. The van der Waals surface area contributed by atoms with Crippen molar-refractivity contribution in [2.75, 3.05) is 0 Å².